The van der Waals surface area contributed by atoms with Gasteiger partial charge in [0.15, 0.2) is 6.10 Å². The summed E-state index contributed by atoms with van der Waals surface area (Å²) in [7, 11) is 0. The number of nitrogens with one attached hydrogen (secondary N) is 2. The predicted octanol–water partition coefficient (Wildman–Crippen LogP) is 0.360. The lowest BCUT2D eigenvalue weighted by Crippen LogP contribution is -2.43. The molecule has 120 valence electrons. The van der Waals surface area contributed by atoms with E-state index in [1.54, 1.807) is 4.90 Å². The van der Waals surface area contributed by atoms with Gasteiger partial charge in [-0.3, -0.25) is 9.59 Å². The number of amides is 2. The third-order valence-electron chi connectivity index (χ3n) is 3.89. The Morgan fingerprint density at radius 3 is 2.91 bits per heavy atom. The molecule has 0 aliphatic carbocycles. The minimum Gasteiger partial charge on any atom is -0.377 e. The zero-order chi connectivity index (χ0) is 16.2. The zero-order valence-electron chi connectivity index (χ0n) is 12.5. The summed E-state index contributed by atoms with van der Waals surface area (Å²) in [6, 6.07) is 9.10. The largest absolute Gasteiger partial charge is 0.377 e. The summed E-state index contributed by atoms with van der Waals surface area (Å²) >= 11 is 0. The first-order valence-corrected chi connectivity index (χ1v) is 7.44. The van der Waals surface area contributed by atoms with Gasteiger partial charge in [-0.05, 0) is 12.0 Å². The summed E-state index contributed by atoms with van der Waals surface area (Å²) in [5.74, 6) is -0.729. The number of aliphatic hydroxyl groups is 1. The Morgan fingerprint density at radius 1 is 1.43 bits per heavy atom. The van der Waals surface area contributed by atoms with Crippen molar-refractivity contribution in [1.82, 2.24) is 20.2 Å². The Morgan fingerprint density at radius 2 is 2.22 bits per heavy atom. The molecular weight excluding hydrogens is 296 g/mol. The maximum absolute atomic E-state index is 12.4. The van der Waals surface area contributed by atoms with Crippen molar-refractivity contribution < 1.29 is 14.7 Å². The first-order valence-electron chi connectivity index (χ1n) is 7.44. The topological polar surface area (TPSA) is 98.3 Å². The molecule has 3 N–H and O–H groups in total. The van der Waals surface area contributed by atoms with E-state index in [0.717, 1.165) is 5.56 Å². The van der Waals surface area contributed by atoms with Crippen LogP contribution in [0.4, 0.5) is 0 Å². The number of likely N-dealkylation sites (tertiary alicyclic amines) is 1. The third kappa shape index (κ3) is 3.40. The van der Waals surface area contributed by atoms with Crippen molar-refractivity contribution in [2.45, 2.75) is 25.1 Å². The minimum atomic E-state index is -1.35. The molecule has 2 aromatic rings. The molecule has 1 aliphatic heterocycles. The number of benzene rings is 1. The van der Waals surface area contributed by atoms with Crippen molar-refractivity contribution in [3.8, 4) is 0 Å². The number of nitrogens with zero attached hydrogens (tertiary/aromatic N) is 2. The van der Waals surface area contributed by atoms with Gasteiger partial charge in [-0.2, -0.15) is 0 Å². The summed E-state index contributed by atoms with van der Waals surface area (Å²) in [6.45, 7) is 1.11. The molecule has 1 fully saturated rings. The number of hydrogen-bond donors (Lipinski definition) is 3. The molecular formula is C16H18N4O3. The van der Waals surface area contributed by atoms with Crippen LogP contribution in [0.15, 0.2) is 42.9 Å². The van der Waals surface area contributed by atoms with E-state index in [9.17, 15) is 14.7 Å². The van der Waals surface area contributed by atoms with Crippen LogP contribution < -0.4 is 5.32 Å². The van der Waals surface area contributed by atoms with Crippen LogP contribution in [-0.4, -0.2) is 44.4 Å². The lowest BCUT2D eigenvalue weighted by Gasteiger charge is -2.18. The smallest absolute Gasteiger partial charge is 0.255 e. The van der Waals surface area contributed by atoms with Crippen LogP contribution in [0.3, 0.4) is 0 Å². The maximum atomic E-state index is 12.4. The molecule has 1 aliphatic rings. The van der Waals surface area contributed by atoms with E-state index in [2.05, 4.69) is 15.3 Å². The SMILES string of the molecule is O=C(NC1CCN(Cc2ccccc2)C1=O)C(O)c1cnc[nH]1. The van der Waals surface area contributed by atoms with Crippen molar-refractivity contribution >= 4 is 11.8 Å². The molecule has 7 nitrogen and oxygen atoms in total. The molecule has 0 radical (unpaired) electrons. The van der Waals surface area contributed by atoms with E-state index >= 15 is 0 Å². The number of aromatic nitrogens is 2. The number of aromatic amines is 1. The van der Waals surface area contributed by atoms with Crippen molar-refractivity contribution in [1.29, 1.82) is 0 Å². The lowest BCUT2D eigenvalue weighted by molar-refractivity contribution is -0.136. The predicted molar refractivity (Wildman–Crippen MR) is 82.0 cm³/mol. The summed E-state index contributed by atoms with van der Waals surface area (Å²) in [4.78, 5) is 32.5. The van der Waals surface area contributed by atoms with Crippen molar-refractivity contribution in [2.75, 3.05) is 6.54 Å². The van der Waals surface area contributed by atoms with Gasteiger partial charge in [-0.25, -0.2) is 4.98 Å². The molecule has 2 heterocycles. The lowest BCUT2D eigenvalue weighted by atomic mass is 10.2. The quantitative estimate of drug-likeness (QED) is 0.742. The molecule has 7 heteroatoms. The summed E-state index contributed by atoms with van der Waals surface area (Å²) in [5.41, 5.74) is 1.35. The second-order valence-corrected chi connectivity index (χ2v) is 5.50. The van der Waals surface area contributed by atoms with E-state index in [1.807, 2.05) is 30.3 Å². The second kappa shape index (κ2) is 6.62. The first-order chi connectivity index (χ1) is 11.1. The number of aliphatic hydroxyl groups excluding tert-OH is 1. The van der Waals surface area contributed by atoms with Crippen LogP contribution in [0.2, 0.25) is 0 Å². The number of carbonyl (C=O) groups excluding carboxylic acids is 2. The van der Waals surface area contributed by atoms with E-state index < -0.39 is 18.1 Å². The van der Waals surface area contributed by atoms with Gasteiger partial charge in [0.1, 0.15) is 6.04 Å². The highest BCUT2D eigenvalue weighted by Gasteiger charge is 2.34. The Kier molecular flexibility index (Phi) is 4.38. The molecule has 2 unspecified atom stereocenters. The summed E-state index contributed by atoms with van der Waals surface area (Å²) < 4.78 is 0. The highest BCUT2D eigenvalue weighted by molar-refractivity contribution is 5.90. The van der Waals surface area contributed by atoms with Crippen LogP contribution in [0.25, 0.3) is 0 Å². The fourth-order valence-electron chi connectivity index (χ4n) is 2.64. The highest BCUT2D eigenvalue weighted by Crippen LogP contribution is 2.16. The highest BCUT2D eigenvalue weighted by atomic mass is 16.3. The molecule has 1 aromatic carbocycles. The molecule has 1 saturated heterocycles. The number of carbonyl (C=O) groups is 2. The second-order valence-electron chi connectivity index (χ2n) is 5.50. The normalized spacial score (nSPS) is 18.9. The Bertz CT molecular complexity index is 672. The van der Waals surface area contributed by atoms with Gasteiger partial charge in [0.05, 0.1) is 18.2 Å². The van der Waals surface area contributed by atoms with Gasteiger partial charge in [0, 0.05) is 13.1 Å². The summed E-state index contributed by atoms with van der Waals surface area (Å²) in [5, 5.41) is 12.5. The van der Waals surface area contributed by atoms with Crippen molar-refractivity contribution in [3.63, 3.8) is 0 Å². The third-order valence-corrected chi connectivity index (χ3v) is 3.89. The first kappa shape index (κ1) is 15.2. The van der Waals surface area contributed by atoms with E-state index in [1.165, 1.54) is 12.5 Å². The van der Waals surface area contributed by atoms with Gasteiger partial charge < -0.3 is 20.3 Å². The number of imidazole rings is 1. The molecule has 1 aromatic heterocycles. The Hall–Kier alpha value is -2.67. The van der Waals surface area contributed by atoms with Crippen molar-refractivity contribution in [2.24, 2.45) is 0 Å². The molecule has 3 rings (SSSR count). The molecule has 23 heavy (non-hydrogen) atoms. The van der Waals surface area contributed by atoms with Crippen LogP contribution in [-0.2, 0) is 16.1 Å². The van der Waals surface area contributed by atoms with Gasteiger partial charge in [0.25, 0.3) is 5.91 Å². The number of hydrogen-bond acceptors (Lipinski definition) is 4. The van der Waals surface area contributed by atoms with Crippen LogP contribution in [0.5, 0.6) is 0 Å². The average molecular weight is 314 g/mol. The van der Waals surface area contributed by atoms with E-state index in [-0.39, 0.29) is 5.91 Å². The minimum absolute atomic E-state index is 0.126. The zero-order valence-corrected chi connectivity index (χ0v) is 12.5. The van der Waals surface area contributed by atoms with Crippen LogP contribution in [0.1, 0.15) is 23.8 Å². The fraction of sp³-hybridized carbons (Fsp3) is 0.312. The maximum Gasteiger partial charge on any atom is 0.255 e. The van der Waals surface area contributed by atoms with Gasteiger partial charge in [-0.15, -0.1) is 0 Å². The van der Waals surface area contributed by atoms with Crippen LogP contribution in [0, 0.1) is 0 Å². The van der Waals surface area contributed by atoms with Gasteiger partial charge in [0.2, 0.25) is 5.91 Å². The van der Waals surface area contributed by atoms with Crippen molar-refractivity contribution in [3.05, 3.63) is 54.1 Å². The molecule has 0 bridgehead atoms. The van der Waals surface area contributed by atoms with E-state index in [4.69, 9.17) is 0 Å². The number of rotatable bonds is 5. The summed E-state index contributed by atoms with van der Waals surface area (Å²) in [6.07, 6.45) is 1.94. The molecule has 0 spiro atoms. The molecule has 0 saturated carbocycles. The molecule has 2 amide bonds. The number of H-pyrrole nitrogens is 1. The monoisotopic (exact) mass is 314 g/mol. The van der Waals surface area contributed by atoms with E-state index in [0.29, 0.717) is 25.2 Å². The fourth-order valence-corrected chi connectivity index (χ4v) is 2.64. The standard InChI is InChI=1S/C16H18N4O3/c21-14(13-8-17-10-18-13)15(22)19-12-6-7-20(16(12)23)9-11-4-2-1-3-5-11/h1-5,8,10,12,14,21H,6-7,9H2,(H,17,18)(H,19,22). The molecule has 2 atom stereocenters. The van der Waals surface area contributed by atoms with Gasteiger partial charge >= 0.3 is 0 Å². The Balaban J connectivity index is 1.58. The van der Waals surface area contributed by atoms with Crippen LogP contribution >= 0.6 is 0 Å². The average Bonchev–Trinajstić information content (AvgIpc) is 3.21. The van der Waals surface area contributed by atoms with Gasteiger partial charge in [-0.1, -0.05) is 30.3 Å². The Labute approximate surface area is 133 Å².